The molecule has 0 bridgehead atoms. The summed E-state index contributed by atoms with van der Waals surface area (Å²) in [5.41, 5.74) is 16.6. The Bertz CT molecular complexity index is 1680. The maximum atomic E-state index is 14.0. The number of carboxylic acids is 1. The molecule has 370 valence electrons. The molecular formula is C41H74N12O10S2. The van der Waals surface area contributed by atoms with Crippen LogP contribution in [0.3, 0.4) is 0 Å². The van der Waals surface area contributed by atoms with E-state index in [0.29, 0.717) is 6.42 Å². The number of thiol groups is 2. The van der Waals surface area contributed by atoms with Gasteiger partial charge in [0.15, 0.2) is 5.96 Å². The fraction of sp³-hybridized carbons (Fsp3) is 0.756. The lowest BCUT2D eigenvalue weighted by Gasteiger charge is -2.30. The third-order valence-electron chi connectivity index (χ3n) is 10.2. The maximum Gasteiger partial charge on any atom is 0.326 e. The molecule has 0 aromatic heterocycles. The predicted octanol–water partition coefficient (Wildman–Crippen LogP) is -2.13. The molecule has 1 aliphatic rings. The summed E-state index contributed by atoms with van der Waals surface area (Å²) in [7, 11) is 0. The van der Waals surface area contributed by atoms with Gasteiger partial charge in [-0.1, -0.05) is 41.5 Å². The summed E-state index contributed by atoms with van der Waals surface area (Å²) in [6.45, 7) is 14.1. The van der Waals surface area contributed by atoms with Gasteiger partial charge in [-0.2, -0.15) is 25.3 Å². The molecule has 1 rings (SSSR count). The second-order valence-electron chi connectivity index (χ2n) is 17.6. The molecule has 1 aliphatic heterocycles. The molecule has 65 heavy (non-hydrogen) atoms. The average molecular weight is 959 g/mol. The highest BCUT2D eigenvalue weighted by Gasteiger charge is 2.39. The number of aliphatic carboxylic acids is 1. The summed E-state index contributed by atoms with van der Waals surface area (Å²) in [4.78, 5) is 124. The molecule has 0 spiro atoms. The van der Waals surface area contributed by atoms with Crippen molar-refractivity contribution in [3.63, 3.8) is 0 Å². The lowest BCUT2D eigenvalue weighted by Crippen LogP contribution is -2.60. The zero-order valence-corrected chi connectivity index (χ0v) is 40.6. The minimum absolute atomic E-state index is 0.00252. The van der Waals surface area contributed by atoms with Crippen molar-refractivity contribution in [2.75, 3.05) is 24.6 Å². The molecule has 8 amide bonds. The quantitative estimate of drug-likeness (QED) is 0.0173. The van der Waals surface area contributed by atoms with Crippen molar-refractivity contribution in [3.8, 4) is 0 Å². The fourth-order valence-electron chi connectivity index (χ4n) is 6.85. The van der Waals surface area contributed by atoms with E-state index >= 15 is 0 Å². The molecule has 1 saturated heterocycles. The van der Waals surface area contributed by atoms with E-state index in [1.165, 1.54) is 18.7 Å². The monoisotopic (exact) mass is 959 g/mol. The van der Waals surface area contributed by atoms with E-state index < -0.39 is 108 Å². The lowest BCUT2D eigenvalue weighted by molar-refractivity contribution is -0.142. The lowest BCUT2D eigenvalue weighted by atomic mass is 10.0. The molecule has 0 radical (unpaired) electrons. The third kappa shape index (κ3) is 20.9. The van der Waals surface area contributed by atoms with Gasteiger partial charge in [0.05, 0.1) is 6.04 Å². The van der Waals surface area contributed by atoms with Crippen LogP contribution in [0.25, 0.3) is 0 Å². The van der Waals surface area contributed by atoms with Crippen molar-refractivity contribution < 1.29 is 48.3 Å². The number of hydrogen-bond acceptors (Lipinski definition) is 13. The first-order valence-corrected chi connectivity index (χ1v) is 23.3. The minimum atomic E-state index is -1.25. The topological polar surface area (TPSA) is 352 Å². The van der Waals surface area contributed by atoms with Crippen LogP contribution in [-0.2, 0) is 43.2 Å². The number of likely N-dealkylation sites (tertiary alicyclic amines) is 1. The molecule has 22 nitrogen and oxygen atoms in total. The number of amides is 8. The molecule has 0 aromatic rings. The van der Waals surface area contributed by atoms with Crippen LogP contribution in [0.1, 0.15) is 100 Å². The number of hydrogen-bond donors (Lipinski definition) is 13. The second kappa shape index (κ2) is 28.9. The van der Waals surface area contributed by atoms with Gasteiger partial charge in [-0.05, 0) is 76.5 Å². The Morgan fingerprint density at radius 1 is 0.615 bits per heavy atom. The molecule has 0 unspecified atom stereocenters. The van der Waals surface area contributed by atoms with Crippen molar-refractivity contribution in [1.82, 2.24) is 42.1 Å². The summed E-state index contributed by atoms with van der Waals surface area (Å²) in [5, 5.41) is 27.8. The largest absolute Gasteiger partial charge is 0.480 e. The van der Waals surface area contributed by atoms with Crippen LogP contribution in [0.5, 0.6) is 0 Å². The molecule has 0 aliphatic carbocycles. The van der Waals surface area contributed by atoms with Gasteiger partial charge in [-0.3, -0.25) is 43.3 Å². The number of nitrogens with one attached hydrogen (secondary N) is 7. The Hall–Kier alpha value is -4.84. The summed E-state index contributed by atoms with van der Waals surface area (Å²) in [6.07, 6.45) is 1.41. The highest BCUT2D eigenvalue weighted by atomic mass is 32.1. The first-order chi connectivity index (χ1) is 30.3. The van der Waals surface area contributed by atoms with Crippen molar-refractivity contribution >= 4 is 84.4 Å². The summed E-state index contributed by atoms with van der Waals surface area (Å²) >= 11 is 8.41. The Labute approximate surface area is 392 Å². The number of nitrogens with two attached hydrogens (primary N) is 3. The zero-order valence-electron chi connectivity index (χ0n) is 38.8. The number of carbonyl (C=O) groups is 9. The molecule has 24 heteroatoms. The Balaban J connectivity index is 3.23. The molecular weight excluding hydrogens is 885 g/mol. The SMILES string of the molecule is CC(C)C[C@H](NC(=O)[C@H](CS)NC(=O)[C@H](CC(C)C)NC(=O)[C@H](CCCN=C(N)N)NC(=O)[C@@H]1CCCN1C(=O)[C@H](C)NC(=O)[C@H](CS)NC(=O)[C@H](CC(C)C)NC(=O)[C@H](C)N)C(=O)O. The third-order valence-corrected chi connectivity index (χ3v) is 10.9. The van der Waals surface area contributed by atoms with E-state index in [9.17, 15) is 48.3 Å². The maximum absolute atomic E-state index is 14.0. The number of nitrogens with zero attached hydrogens (tertiary/aromatic N) is 2. The van der Waals surface area contributed by atoms with Crippen molar-refractivity contribution in [2.45, 2.75) is 155 Å². The van der Waals surface area contributed by atoms with Gasteiger partial charge in [0.1, 0.15) is 48.3 Å². The van der Waals surface area contributed by atoms with E-state index in [1.54, 1.807) is 13.8 Å². The number of aliphatic imine (C=N–C) groups is 1. The van der Waals surface area contributed by atoms with E-state index in [1.807, 2.05) is 27.7 Å². The molecule has 1 heterocycles. The van der Waals surface area contributed by atoms with Crippen molar-refractivity contribution in [2.24, 2.45) is 39.9 Å². The Kier molecular flexibility index (Phi) is 25.9. The number of carbonyl (C=O) groups excluding carboxylic acids is 8. The van der Waals surface area contributed by atoms with E-state index in [0.717, 1.165) is 0 Å². The van der Waals surface area contributed by atoms with Gasteiger partial charge in [0, 0.05) is 24.6 Å². The van der Waals surface area contributed by atoms with Gasteiger partial charge in [-0.15, -0.1) is 0 Å². The predicted molar refractivity (Wildman–Crippen MR) is 251 cm³/mol. The van der Waals surface area contributed by atoms with Crippen LogP contribution in [0, 0.1) is 17.8 Å². The van der Waals surface area contributed by atoms with Crippen LogP contribution in [0.2, 0.25) is 0 Å². The van der Waals surface area contributed by atoms with Gasteiger partial charge < -0.3 is 64.4 Å². The summed E-state index contributed by atoms with van der Waals surface area (Å²) in [6, 6.07) is -10.2. The summed E-state index contributed by atoms with van der Waals surface area (Å²) < 4.78 is 0. The molecule has 14 N–H and O–H groups in total. The van der Waals surface area contributed by atoms with E-state index in [2.05, 4.69) is 67.5 Å². The molecule has 0 aromatic carbocycles. The Morgan fingerprint density at radius 2 is 1.03 bits per heavy atom. The standard InChI is InChI=1S/C41H74N12O10S2/c1-20(2)15-26(48-32(54)23(7)42)34(56)51-29(18-64)36(58)46-24(8)39(61)53-14-10-12-31(53)38(60)47-25(11-9-13-45-41(43)44)33(55)49-27(16-21(3)4)35(57)52-30(19-65)37(59)50-28(40(62)63)17-22(5)6/h20-31,64-65H,9-19,42H2,1-8H3,(H,46,58)(H,47,60)(H,48,54)(H,49,55)(H,50,59)(H,51,56)(H,52,57)(H,62,63)(H4,43,44,45)/t23-,24-,25-,26-,27-,28-,29-,30-,31-/m0/s1. The highest BCUT2D eigenvalue weighted by Crippen LogP contribution is 2.20. The van der Waals surface area contributed by atoms with E-state index in [-0.39, 0.29) is 86.8 Å². The van der Waals surface area contributed by atoms with Gasteiger partial charge >= 0.3 is 5.97 Å². The first kappa shape index (κ1) is 58.2. The van der Waals surface area contributed by atoms with Crippen molar-refractivity contribution in [1.29, 1.82) is 0 Å². The number of guanidine groups is 1. The van der Waals surface area contributed by atoms with Crippen molar-refractivity contribution in [3.05, 3.63) is 0 Å². The van der Waals surface area contributed by atoms with Gasteiger partial charge in [0.2, 0.25) is 47.3 Å². The van der Waals surface area contributed by atoms with Crippen LogP contribution in [0.15, 0.2) is 4.99 Å². The molecule has 0 saturated carbocycles. The Morgan fingerprint density at radius 3 is 1.48 bits per heavy atom. The zero-order chi connectivity index (χ0) is 49.7. The summed E-state index contributed by atoms with van der Waals surface area (Å²) in [5.74, 6) is -7.39. The number of rotatable bonds is 28. The van der Waals surface area contributed by atoms with Crippen LogP contribution >= 0.6 is 25.3 Å². The smallest absolute Gasteiger partial charge is 0.326 e. The second-order valence-corrected chi connectivity index (χ2v) is 18.3. The van der Waals surface area contributed by atoms with Gasteiger partial charge in [0.25, 0.3) is 0 Å². The van der Waals surface area contributed by atoms with Crippen LogP contribution in [0.4, 0.5) is 0 Å². The molecule has 1 fully saturated rings. The molecule has 9 atom stereocenters. The average Bonchev–Trinajstić information content (AvgIpc) is 3.71. The fourth-order valence-corrected chi connectivity index (χ4v) is 7.36. The first-order valence-electron chi connectivity index (χ1n) is 22.0. The number of carboxylic acid groups (broad SMARTS) is 1. The highest BCUT2D eigenvalue weighted by molar-refractivity contribution is 7.80. The van der Waals surface area contributed by atoms with E-state index in [4.69, 9.17) is 17.2 Å². The van der Waals surface area contributed by atoms with Crippen LogP contribution < -0.4 is 54.4 Å². The van der Waals surface area contributed by atoms with Gasteiger partial charge in [-0.25, -0.2) is 4.79 Å². The normalized spacial score (nSPS) is 17.3. The minimum Gasteiger partial charge on any atom is -0.480 e. The van der Waals surface area contributed by atoms with Crippen LogP contribution in [-0.4, -0.2) is 148 Å².